The molecule has 0 unspecified atom stereocenters. The number of unbranched alkanes of at least 4 members (excludes halogenated alkanes) is 1. The molecule has 5 heteroatoms. The van der Waals surface area contributed by atoms with E-state index in [1.165, 1.54) is 0 Å². The van der Waals surface area contributed by atoms with Gasteiger partial charge in [-0.05, 0) is 19.3 Å². The summed E-state index contributed by atoms with van der Waals surface area (Å²) in [5, 5.41) is 8.47. The SMILES string of the molecule is C=C(CC)C(=O)ONC(=O)CCCCO. The number of aliphatic hydroxyl groups is 1. The second kappa shape index (κ2) is 7.99. The highest BCUT2D eigenvalue weighted by molar-refractivity contribution is 5.88. The van der Waals surface area contributed by atoms with Crippen molar-refractivity contribution in [2.45, 2.75) is 32.6 Å². The average Bonchev–Trinajstić information content (AvgIpc) is 2.25. The molecule has 0 saturated heterocycles. The number of carbonyl (C=O) groups is 2. The summed E-state index contributed by atoms with van der Waals surface area (Å²) in [5.41, 5.74) is 2.34. The van der Waals surface area contributed by atoms with E-state index in [2.05, 4.69) is 11.4 Å². The fourth-order valence-electron chi connectivity index (χ4n) is 0.768. The maximum absolute atomic E-state index is 11.0. The average molecular weight is 215 g/mol. The zero-order valence-corrected chi connectivity index (χ0v) is 8.91. The Morgan fingerprint density at radius 3 is 2.60 bits per heavy atom. The van der Waals surface area contributed by atoms with Crippen LogP contribution in [0.15, 0.2) is 12.2 Å². The highest BCUT2D eigenvalue weighted by Crippen LogP contribution is 1.98. The zero-order chi connectivity index (χ0) is 11.7. The Hall–Kier alpha value is -1.36. The van der Waals surface area contributed by atoms with E-state index in [9.17, 15) is 9.59 Å². The predicted molar refractivity (Wildman–Crippen MR) is 54.6 cm³/mol. The molecule has 0 spiro atoms. The smallest absolute Gasteiger partial charge is 0.358 e. The van der Waals surface area contributed by atoms with Crippen LogP contribution in [0.2, 0.25) is 0 Å². The lowest BCUT2D eigenvalue weighted by atomic mass is 10.2. The first-order valence-corrected chi connectivity index (χ1v) is 4.90. The standard InChI is InChI=1S/C10H17NO4/c1-3-8(2)10(14)15-11-9(13)6-4-5-7-12/h12H,2-7H2,1H3,(H,11,13). The molecule has 2 N–H and O–H groups in total. The number of amides is 1. The van der Waals surface area contributed by atoms with Crippen LogP contribution in [-0.4, -0.2) is 23.6 Å². The van der Waals surface area contributed by atoms with Gasteiger partial charge in [0.1, 0.15) is 0 Å². The van der Waals surface area contributed by atoms with E-state index in [-0.39, 0.29) is 18.9 Å². The minimum atomic E-state index is -0.618. The van der Waals surface area contributed by atoms with Crippen molar-refractivity contribution in [2.75, 3.05) is 6.61 Å². The third-order valence-corrected chi connectivity index (χ3v) is 1.78. The maximum Gasteiger partial charge on any atom is 0.358 e. The summed E-state index contributed by atoms with van der Waals surface area (Å²) in [5.74, 6) is -0.992. The van der Waals surface area contributed by atoms with Crippen LogP contribution >= 0.6 is 0 Å². The molecule has 0 saturated carbocycles. The second-order valence-corrected chi connectivity index (χ2v) is 3.05. The number of rotatable bonds is 6. The van der Waals surface area contributed by atoms with Crippen LogP contribution in [0, 0.1) is 0 Å². The maximum atomic E-state index is 11.0. The minimum Gasteiger partial charge on any atom is -0.396 e. The van der Waals surface area contributed by atoms with Crippen LogP contribution in [-0.2, 0) is 14.4 Å². The molecule has 0 aromatic carbocycles. The molecule has 0 rings (SSSR count). The van der Waals surface area contributed by atoms with Gasteiger partial charge in [-0.25, -0.2) is 4.79 Å². The topological polar surface area (TPSA) is 75.6 Å². The van der Waals surface area contributed by atoms with Crippen LogP contribution < -0.4 is 5.48 Å². The summed E-state index contributed by atoms with van der Waals surface area (Å²) in [6.45, 7) is 5.29. The minimum absolute atomic E-state index is 0.0553. The molecule has 5 nitrogen and oxygen atoms in total. The van der Waals surface area contributed by atoms with Crippen LogP contribution in [0.5, 0.6) is 0 Å². The quantitative estimate of drug-likeness (QED) is 0.388. The van der Waals surface area contributed by atoms with Gasteiger partial charge in [0.2, 0.25) is 0 Å². The van der Waals surface area contributed by atoms with Gasteiger partial charge in [-0.1, -0.05) is 13.5 Å². The zero-order valence-electron chi connectivity index (χ0n) is 8.91. The van der Waals surface area contributed by atoms with Crippen molar-refractivity contribution in [3.63, 3.8) is 0 Å². The van der Waals surface area contributed by atoms with E-state index in [0.717, 1.165) is 0 Å². The number of nitrogens with one attached hydrogen (secondary N) is 1. The molecule has 0 atom stereocenters. The van der Waals surface area contributed by atoms with E-state index >= 15 is 0 Å². The first-order valence-electron chi connectivity index (χ1n) is 4.90. The first kappa shape index (κ1) is 13.6. The monoisotopic (exact) mass is 215 g/mol. The van der Waals surface area contributed by atoms with E-state index in [1.54, 1.807) is 6.92 Å². The van der Waals surface area contributed by atoms with Crippen LogP contribution in [0.25, 0.3) is 0 Å². The van der Waals surface area contributed by atoms with Gasteiger partial charge in [-0.2, -0.15) is 5.48 Å². The Labute approximate surface area is 89.1 Å². The van der Waals surface area contributed by atoms with Crippen LogP contribution in [0.3, 0.4) is 0 Å². The molecule has 0 aromatic heterocycles. The van der Waals surface area contributed by atoms with Crippen LogP contribution in [0.4, 0.5) is 0 Å². The van der Waals surface area contributed by atoms with Gasteiger partial charge in [-0.15, -0.1) is 0 Å². The van der Waals surface area contributed by atoms with Crippen molar-refractivity contribution in [1.29, 1.82) is 0 Å². The molecule has 0 heterocycles. The molecule has 0 aliphatic rings. The summed E-state index contributed by atoms with van der Waals surface area (Å²) >= 11 is 0. The largest absolute Gasteiger partial charge is 0.396 e. The third kappa shape index (κ3) is 6.68. The number of hydroxylamine groups is 1. The lowest BCUT2D eigenvalue weighted by Crippen LogP contribution is -2.27. The van der Waals surface area contributed by atoms with Crippen LogP contribution in [0.1, 0.15) is 32.6 Å². The van der Waals surface area contributed by atoms with E-state index < -0.39 is 5.97 Å². The highest BCUT2D eigenvalue weighted by atomic mass is 16.7. The lowest BCUT2D eigenvalue weighted by molar-refractivity contribution is -0.154. The van der Waals surface area contributed by atoms with Crippen molar-refractivity contribution in [2.24, 2.45) is 0 Å². The molecule has 0 aliphatic heterocycles. The van der Waals surface area contributed by atoms with Gasteiger partial charge in [-0.3, -0.25) is 4.79 Å². The molecule has 0 aliphatic carbocycles. The third-order valence-electron chi connectivity index (χ3n) is 1.78. The van der Waals surface area contributed by atoms with Gasteiger partial charge in [0, 0.05) is 18.6 Å². The number of carbonyl (C=O) groups excluding carboxylic acids is 2. The lowest BCUT2D eigenvalue weighted by Gasteiger charge is -2.05. The Morgan fingerprint density at radius 2 is 2.07 bits per heavy atom. The van der Waals surface area contributed by atoms with E-state index in [1.807, 2.05) is 5.48 Å². The summed E-state index contributed by atoms with van der Waals surface area (Å²) in [4.78, 5) is 26.6. The second-order valence-electron chi connectivity index (χ2n) is 3.05. The fourth-order valence-corrected chi connectivity index (χ4v) is 0.768. The van der Waals surface area contributed by atoms with Gasteiger partial charge in [0.05, 0.1) is 0 Å². The molecule has 0 aromatic rings. The first-order chi connectivity index (χ1) is 7.11. The molecule has 15 heavy (non-hydrogen) atoms. The molecule has 1 amide bonds. The molecule has 86 valence electrons. The predicted octanol–water partition coefficient (Wildman–Crippen LogP) is 0.690. The molecule has 0 fully saturated rings. The molecule has 0 radical (unpaired) electrons. The molecular weight excluding hydrogens is 198 g/mol. The Balaban J connectivity index is 3.62. The number of hydrogen-bond acceptors (Lipinski definition) is 4. The fraction of sp³-hybridized carbons (Fsp3) is 0.600. The van der Waals surface area contributed by atoms with E-state index in [4.69, 9.17) is 5.11 Å². The van der Waals surface area contributed by atoms with Crippen molar-refractivity contribution in [1.82, 2.24) is 5.48 Å². The van der Waals surface area contributed by atoms with E-state index in [0.29, 0.717) is 24.8 Å². The summed E-state index contributed by atoms with van der Waals surface area (Å²) in [7, 11) is 0. The highest BCUT2D eigenvalue weighted by Gasteiger charge is 2.08. The van der Waals surface area contributed by atoms with Gasteiger partial charge >= 0.3 is 5.97 Å². The molecular formula is C10H17NO4. The number of aliphatic hydroxyl groups excluding tert-OH is 1. The van der Waals surface area contributed by atoms with Crippen molar-refractivity contribution < 1.29 is 19.5 Å². The van der Waals surface area contributed by atoms with Crippen molar-refractivity contribution in [3.05, 3.63) is 12.2 Å². The van der Waals surface area contributed by atoms with Crippen molar-refractivity contribution >= 4 is 11.9 Å². The number of hydrogen-bond donors (Lipinski definition) is 2. The van der Waals surface area contributed by atoms with Gasteiger partial charge in [0.15, 0.2) is 0 Å². The summed E-state index contributed by atoms with van der Waals surface area (Å²) in [6, 6.07) is 0. The summed E-state index contributed by atoms with van der Waals surface area (Å²) in [6.07, 6.45) is 1.84. The Kier molecular flexibility index (Phi) is 7.27. The van der Waals surface area contributed by atoms with Crippen molar-refractivity contribution in [3.8, 4) is 0 Å². The Bertz CT molecular complexity index is 238. The molecule has 0 bridgehead atoms. The summed E-state index contributed by atoms with van der Waals surface area (Å²) < 4.78 is 0. The Morgan fingerprint density at radius 1 is 1.40 bits per heavy atom. The van der Waals surface area contributed by atoms with Gasteiger partial charge in [0.25, 0.3) is 5.91 Å². The van der Waals surface area contributed by atoms with Gasteiger partial charge < -0.3 is 9.94 Å². The normalized spacial score (nSPS) is 9.47.